The molecule has 25 heavy (non-hydrogen) atoms. The maximum Gasteiger partial charge on any atom is 0.405 e. The molecule has 0 saturated heterocycles. The number of rotatable bonds is 5. The third-order valence-corrected chi connectivity index (χ3v) is 5.12. The molecule has 0 aliphatic heterocycles. The highest BCUT2D eigenvalue weighted by Crippen LogP contribution is 2.43. The summed E-state index contributed by atoms with van der Waals surface area (Å²) in [5.74, 6) is -1.63. The van der Waals surface area contributed by atoms with E-state index in [9.17, 15) is 22.8 Å². The second-order valence-corrected chi connectivity index (χ2v) is 6.45. The maximum atomic E-state index is 12.0. The Hall–Kier alpha value is -1.71. The molecule has 0 radical (unpaired) electrons. The first-order valence-electron chi connectivity index (χ1n) is 6.59. The van der Waals surface area contributed by atoms with Crippen LogP contribution in [-0.2, 0) is 9.53 Å². The highest BCUT2D eigenvalue weighted by atomic mass is 35.5. The molecule has 1 N–H and O–H groups in total. The summed E-state index contributed by atoms with van der Waals surface area (Å²) in [7, 11) is 1.43. The monoisotopic (exact) mass is 415 g/mol. The molecule has 0 bridgehead atoms. The highest BCUT2D eigenvalue weighted by Gasteiger charge is 2.28. The molecule has 0 unspecified atom stereocenters. The average molecular weight is 416 g/mol. The summed E-state index contributed by atoms with van der Waals surface area (Å²) >= 11 is 13.2. The van der Waals surface area contributed by atoms with E-state index in [1.165, 1.54) is 7.11 Å². The molecule has 1 heterocycles. The Morgan fingerprint density at radius 1 is 1.24 bits per heavy atom. The first-order chi connectivity index (χ1) is 11.6. The van der Waals surface area contributed by atoms with Gasteiger partial charge in [-0.05, 0) is 12.1 Å². The van der Waals surface area contributed by atoms with Crippen molar-refractivity contribution in [3.8, 4) is 5.75 Å². The summed E-state index contributed by atoms with van der Waals surface area (Å²) in [6.07, 6.45) is -4.55. The van der Waals surface area contributed by atoms with E-state index >= 15 is 0 Å². The van der Waals surface area contributed by atoms with E-state index in [4.69, 9.17) is 32.7 Å². The van der Waals surface area contributed by atoms with Crippen molar-refractivity contribution in [2.75, 3.05) is 20.3 Å². The van der Waals surface area contributed by atoms with Gasteiger partial charge in [0, 0.05) is 5.39 Å². The molecule has 11 heteroatoms. The molecule has 1 amide bonds. The molecule has 0 fully saturated rings. The van der Waals surface area contributed by atoms with Gasteiger partial charge in [-0.15, -0.1) is 11.3 Å². The molecule has 2 aromatic rings. The van der Waals surface area contributed by atoms with Crippen LogP contribution in [0.4, 0.5) is 13.2 Å². The van der Waals surface area contributed by atoms with Gasteiger partial charge in [0.1, 0.15) is 22.2 Å². The zero-order valence-electron chi connectivity index (χ0n) is 12.5. The van der Waals surface area contributed by atoms with E-state index < -0.39 is 31.2 Å². The summed E-state index contributed by atoms with van der Waals surface area (Å²) in [6.45, 7) is -2.38. The summed E-state index contributed by atoms with van der Waals surface area (Å²) in [5, 5.41) is 2.41. The largest absolute Gasteiger partial charge is 0.495 e. The van der Waals surface area contributed by atoms with Gasteiger partial charge in [0.05, 0.1) is 16.8 Å². The Labute approximate surface area is 153 Å². The number of thiophene rings is 1. The number of hydrogen-bond acceptors (Lipinski definition) is 5. The van der Waals surface area contributed by atoms with E-state index in [1.807, 2.05) is 0 Å². The fraction of sp³-hybridized carbons (Fsp3) is 0.286. The molecule has 0 aliphatic rings. The van der Waals surface area contributed by atoms with Crippen LogP contribution >= 0.6 is 34.5 Å². The van der Waals surface area contributed by atoms with Gasteiger partial charge in [0.25, 0.3) is 5.91 Å². The van der Waals surface area contributed by atoms with Crippen LogP contribution in [0.5, 0.6) is 5.75 Å². The average Bonchev–Trinajstić information content (AvgIpc) is 2.88. The number of ether oxygens (including phenoxy) is 2. The van der Waals surface area contributed by atoms with Crippen molar-refractivity contribution in [1.82, 2.24) is 5.32 Å². The molecule has 0 saturated carbocycles. The topological polar surface area (TPSA) is 64.6 Å². The maximum absolute atomic E-state index is 12.0. The number of methoxy groups -OCH3 is 1. The van der Waals surface area contributed by atoms with E-state index in [-0.39, 0.29) is 14.9 Å². The molecular formula is C14H10Cl2F3NO4S. The first kappa shape index (κ1) is 19.6. The number of hydrogen-bond donors (Lipinski definition) is 1. The molecule has 0 atom stereocenters. The predicted molar refractivity (Wildman–Crippen MR) is 87.7 cm³/mol. The molecule has 0 aliphatic carbocycles. The third-order valence-electron chi connectivity index (χ3n) is 2.93. The fourth-order valence-electron chi connectivity index (χ4n) is 1.82. The molecule has 1 aromatic heterocycles. The summed E-state index contributed by atoms with van der Waals surface area (Å²) < 4.78 is 46.2. The Morgan fingerprint density at radius 2 is 1.92 bits per heavy atom. The molecule has 2 rings (SSSR count). The lowest BCUT2D eigenvalue weighted by Crippen LogP contribution is -2.36. The second-order valence-electron chi connectivity index (χ2n) is 4.67. The van der Waals surface area contributed by atoms with Gasteiger partial charge in [-0.25, -0.2) is 4.79 Å². The van der Waals surface area contributed by atoms with Gasteiger partial charge in [-0.2, -0.15) is 13.2 Å². The minimum Gasteiger partial charge on any atom is -0.495 e. The lowest BCUT2D eigenvalue weighted by Gasteiger charge is -2.08. The Kier molecular flexibility index (Phi) is 6.02. The van der Waals surface area contributed by atoms with Crippen molar-refractivity contribution in [2.45, 2.75) is 6.18 Å². The summed E-state index contributed by atoms with van der Waals surface area (Å²) in [5.41, 5.74) is 0. The lowest BCUT2D eigenvalue weighted by atomic mass is 10.2. The van der Waals surface area contributed by atoms with Crippen LogP contribution in [0.1, 0.15) is 9.67 Å². The van der Waals surface area contributed by atoms with Crippen molar-refractivity contribution >= 4 is 56.5 Å². The fourth-order valence-corrected chi connectivity index (χ4v) is 3.60. The number of esters is 1. The van der Waals surface area contributed by atoms with E-state index in [0.29, 0.717) is 15.8 Å². The number of halogens is 5. The molecule has 1 aromatic carbocycles. The van der Waals surface area contributed by atoms with E-state index in [2.05, 4.69) is 0 Å². The number of fused-ring (bicyclic) bond motifs is 1. The predicted octanol–water partition coefficient (Wildman–Crippen LogP) is 4.05. The smallest absolute Gasteiger partial charge is 0.405 e. The van der Waals surface area contributed by atoms with E-state index in [1.54, 1.807) is 17.4 Å². The zero-order valence-corrected chi connectivity index (χ0v) is 14.8. The van der Waals surface area contributed by atoms with Crippen LogP contribution in [0.2, 0.25) is 10.0 Å². The molecule has 136 valence electrons. The first-order valence-corrected chi connectivity index (χ1v) is 8.16. The van der Waals surface area contributed by atoms with Crippen LogP contribution in [0, 0.1) is 0 Å². The van der Waals surface area contributed by atoms with Crippen LogP contribution in [0.3, 0.4) is 0 Å². The van der Waals surface area contributed by atoms with Crippen LogP contribution in [0.25, 0.3) is 10.1 Å². The third kappa shape index (κ3) is 4.68. The van der Waals surface area contributed by atoms with Crippen molar-refractivity contribution in [2.24, 2.45) is 0 Å². The van der Waals surface area contributed by atoms with E-state index in [0.717, 1.165) is 11.3 Å². The SMILES string of the molecule is COc1ccc2c(Cl)c(C(=O)OCC(=O)NCC(F)(F)F)sc2c1Cl. The number of carbonyl (C=O) groups excluding carboxylic acids is 2. The number of amides is 1. The van der Waals surface area contributed by atoms with Gasteiger partial charge in [-0.1, -0.05) is 23.2 Å². The van der Waals surface area contributed by atoms with Gasteiger partial charge < -0.3 is 14.8 Å². The van der Waals surface area contributed by atoms with Crippen molar-refractivity contribution in [1.29, 1.82) is 0 Å². The summed E-state index contributed by atoms with van der Waals surface area (Å²) in [6, 6.07) is 3.18. The number of benzene rings is 1. The normalized spacial score (nSPS) is 11.4. The van der Waals surface area contributed by atoms with Crippen LogP contribution in [-0.4, -0.2) is 38.3 Å². The number of carbonyl (C=O) groups is 2. The van der Waals surface area contributed by atoms with Crippen molar-refractivity contribution < 1.29 is 32.2 Å². The Bertz CT molecular complexity index is 822. The van der Waals surface area contributed by atoms with Gasteiger partial charge in [0.2, 0.25) is 0 Å². The van der Waals surface area contributed by atoms with Gasteiger partial charge >= 0.3 is 12.1 Å². The van der Waals surface area contributed by atoms with Crippen LogP contribution in [0.15, 0.2) is 12.1 Å². The minimum absolute atomic E-state index is 0.0181. The summed E-state index contributed by atoms with van der Waals surface area (Å²) in [4.78, 5) is 23.3. The minimum atomic E-state index is -4.55. The van der Waals surface area contributed by atoms with Gasteiger partial charge in [-0.3, -0.25) is 4.79 Å². The zero-order chi connectivity index (χ0) is 18.8. The second kappa shape index (κ2) is 7.67. The standard InChI is InChI=1S/C14H10Cl2F3NO4S/c1-23-7-3-2-6-9(15)12(25-11(6)10(7)16)13(22)24-4-8(21)20-5-14(17,18)19/h2-3H,4-5H2,1H3,(H,20,21). The Morgan fingerprint density at radius 3 is 2.52 bits per heavy atom. The molecular weight excluding hydrogens is 406 g/mol. The van der Waals surface area contributed by atoms with Crippen molar-refractivity contribution in [3.05, 3.63) is 27.1 Å². The quantitative estimate of drug-likeness (QED) is 0.748. The number of nitrogens with one attached hydrogen (secondary N) is 1. The lowest BCUT2D eigenvalue weighted by molar-refractivity contribution is -0.140. The number of alkyl halides is 3. The molecule has 0 spiro atoms. The van der Waals surface area contributed by atoms with Crippen molar-refractivity contribution in [3.63, 3.8) is 0 Å². The Balaban J connectivity index is 2.11. The van der Waals surface area contributed by atoms with Gasteiger partial charge in [0.15, 0.2) is 6.61 Å². The molecule has 5 nitrogen and oxygen atoms in total. The highest BCUT2D eigenvalue weighted by molar-refractivity contribution is 7.22. The van der Waals surface area contributed by atoms with Crippen LogP contribution < -0.4 is 10.1 Å².